The molecule has 0 saturated carbocycles. The van der Waals surface area contributed by atoms with Crippen molar-refractivity contribution in [1.29, 1.82) is 0 Å². The molecule has 1 N–H and O–H groups in total. The number of thiazole rings is 1. The fourth-order valence-electron chi connectivity index (χ4n) is 2.33. The number of aryl methyl sites for hydroxylation is 1. The Hall–Kier alpha value is -1.48. The minimum Gasteiger partial charge on any atom is -0.481 e. The Kier molecular flexibility index (Phi) is 4.62. The lowest BCUT2D eigenvalue weighted by Gasteiger charge is -2.34. The van der Waals surface area contributed by atoms with Gasteiger partial charge in [0.25, 0.3) is 0 Å². The molecule has 1 saturated heterocycles. The zero-order valence-electron chi connectivity index (χ0n) is 11.5. The molecule has 0 aliphatic carbocycles. The van der Waals surface area contributed by atoms with E-state index in [1.165, 1.54) is 16.2 Å². The molecule has 0 radical (unpaired) electrons. The van der Waals surface area contributed by atoms with E-state index in [0.717, 1.165) is 5.01 Å². The van der Waals surface area contributed by atoms with E-state index in [2.05, 4.69) is 4.98 Å². The van der Waals surface area contributed by atoms with E-state index < -0.39 is 21.8 Å². The Morgan fingerprint density at radius 2 is 2.24 bits per heavy atom. The zero-order valence-corrected chi connectivity index (χ0v) is 13.1. The van der Waals surface area contributed by atoms with Gasteiger partial charge in [-0.05, 0) is 6.92 Å². The standard InChI is InChI=1S/C12H16N2O5S2/c1-8-13-9(6-20-8)4-11(15)14-2-3-21(18,19)7-10(14)5-12(16)17/h6,10H,2-5,7H2,1H3,(H,16,17). The topological polar surface area (TPSA) is 105 Å². The second kappa shape index (κ2) is 6.10. The molecule has 2 rings (SSSR count). The molecule has 9 heteroatoms. The molecule has 0 spiro atoms. The smallest absolute Gasteiger partial charge is 0.305 e. The van der Waals surface area contributed by atoms with Gasteiger partial charge in [0.1, 0.15) is 0 Å². The van der Waals surface area contributed by atoms with Crippen LogP contribution in [0.15, 0.2) is 5.38 Å². The summed E-state index contributed by atoms with van der Waals surface area (Å²) in [6, 6.07) is -0.798. The van der Waals surface area contributed by atoms with Crippen molar-refractivity contribution in [2.45, 2.75) is 25.8 Å². The largest absolute Gasteiger partial charge is 0.481 e. The molecular formula is C12H16N2O5S2. The molecule has 1 aliphatic rings. The molecular weight excluding hydrogens is 316 g/mol. The quantitative estimate of drug-likeness (QED) is 0.838. The Labute approximate surface area is 126 Å². The molecule has 7 nitrogen and oxygen atoms in total. The summed E-state index contributed by atoms with van der Waals surface area (Å²) in [4.78, 5) is 28.7. The van der Waals surface area contributed by atoms with Crippen LogP contribution in [-0.2, 0) is 25.8 Å². The summed E-state index contributed by atoms with van der Waals surface area (Å²) in [7, 11) is -3.28. The Morgan fingerprint density at radius 3 is 2.81 bits per heavy atom. The van der Waals surface area contributed by atoms with Crippen LogP contribution in [-0.4, -0.2) is 59.4 Å². The van der Waals surface area contributed by atoms with E-state index in [1.54, 1.807) is 5.38 Å². The summed E-state index contributed by atoms with van der Waals surface area (Å²) < 4.78 is 23.3. The molecule has 0 bridgehead atoms. The van der Waals surface area contributed by atoms with Gasteiger partial charge in [0.2, 0.25) is 5.91 Å². The monoisotopic (exact) mass is 332 g/mol. The second-order valence-corrected chi connectivity index (χ2v) is 8.28. The third-order valence-electron chi connectivity index (χ3n) is 3.26. The lowest BCUT2D eigenvalue weighted by Crippen LogP contribution is -2.52. The van der Waals surface area contributed by atoms with Crippen LogP contribution in [0.2, 0.25) is 0 Å². The molecule has 1 aliphatic heterocycles. The fraction of sp³-hybridized carbons (Fsp3) is 0.583. The number of hydrogen-bond acceptors (Lipinski definition) is 6. The predicted molar refractivity (Wildman–Crippen MR) is 77.0 cm³/mol. The normalized spacial score (nSPS) is 21.2. The number of carbonyl (C=O) groups excluding carboxylic acids is 1. The van der Waals surface area contributed by atoms with E-state index in [1.807, 2.05) is 6.92 Å². The Bertz CT molecular complexity index is 652. The summed E-state index contributed by atoms with van der Waals surface area (Å²) >= 11 is 1.43. The van der Waals surface area contributed by atoms with Gasteiger partial charge in [-0.25, -0.2) is 13.4 Å². The average Bonchev–Trinajstić information content (AvgIpc) is 2.72. The van der Waals surface area contributed by atoms with Gasteiger partial charge in [-0.15, -0.1) is 11.3 Å². The van der Waals surface area contributed by atoms with Crippen LogP contribution in [0.5, 0.6) is 0 Å². The molecule has 21 heavy (non-hydrogen) atoms. The van der Waals surface area contributed by atoms with Crippen LogP contribution < -0.4 is 0 Å². The van der Waals surface area contributed by atoms with Gasteiger partial charge in [0.15, 0.2) is 9.84 Å². The first-order valence-electron chi connectivity index (χ1n) is 6.39. The third-order valence-corrected chi connectivity index (χ3v) is 5.78. The van der Waals surface area contributed by atoms with Crippen LogP contribution >= 0.6 is 11.3 Å². The zero-order chi connectivity index (χ0) is 15.6. The maximum absolute atomic E-state index is 12.3. The van der Waals surface area contributed by atoms with E-state index >= 15 is 0 Å². The molecule has 1 fully saturated rings. The number of hydrogen-bond donors (Lipinski definition) is 1. The van der Waals surface area contributed by atoms with Gasteiger partial charge in [-0.3, -0.25) is 9.59 Å². The highest BCUT2D eigenvalue weighted by molar-refractivity contribution is 7.91. The lowest BCUT2D eigenvalue weighted by molar-refractivity contribution is -0.140. The first-order valence-corrected chi connectivity index (χ1v) is 9.09. The second-order valence-electron chi connectivity index (χ2n) is 4.99. The molecule has 116 valence electrons. The van der Waals surface area contributed by atoms with Crippen LogP contribution in [0.3, 0.4) is 0 Å². The SMILES string of the molecule is Cc1nc(CC(=O)N2CCS(=O)(=O)CC2CC(=O)O)cs1. The minimum absolute atomic E-state index is 0.0439. The lowest BCUT2D eigenvalue weighted by atomic mass is 10.1. The molecule has 1 aromatic heterocycles. The van der Waals surface area contributed by atoms with Gasteiger partial charge >= 0.3 is 5.97 Å². The number of carbonyl (C=O) groups is 2. The fourth-order valence-corrected chi connectivity index (χ4v) is 4.47. The average molecular weight is 332 g/mol. The van der Waals surface area contributed by atoms with Gasteiger partial charge in [0, 0.05) is 11.9 Å². The van der Waals surface area contributed by atoms with Crippen molar-refractivity contribution < 1.29 is 23.1 Å². The molecule has 0 aromatic carbocycles. The number of carboxylic acid groups (broad SMARTS) is 1. The highest BCUT2D eigenvalue weighted by Gasteiger charge is 2.35. The number of aliphatic carboxylic acids is 1. The maximum Gasteiger partial charge on any atom is 0.305 e. The third kappa shape index (κ3) is 4.24. The summed E-state index contributed by atoms with van der Waals surface area (Å²) in [5.41, 5.74) is 0.630. The summed E-state index contributed by atoms with van der Waals surface area (Å²) in [6.07, 6.45) is -0.290. The molecule has 2 heterocycles. The van der Waals surface area contributed by atoms with Crippen molar-refractivity contribution in [1.82, 2.24) is 9.88 Å². The van der Waals surface area contributed by atoms with Crippen LogP contribution in [0.25, 0.3) is 0 Å². The molecule has 1 unspecified atom stereocenters. The highest BCUT2D eigenvalue weighted by atomic mass is 32.2. The van der Waals surface area contributed by atoms with E-state index in [4.69, 9.17) is 5.11 Å². The summed E-state index contributed by atoms with van der Waals surface area (Å²) in [5, 5.41) is 11.5. The number of sulfone groups is 1. The molecule has 1 amide bonds. The van der Waals surface area contributed by atoms with Crippen molar-refractivity contribution >= 4 is 33.1 Å². The van der Waals surface area contributed by atoms with Crippen molar-refractivity contribution in [2.24, 2.45) is 0 Å². The van der Waals surface area contributed by atoms with Crippen molar-refractivity contribution in [3.05, 3.63) is 16.1 Å². The van der Waals surface area contributed by atoms with Gasteiger partial charge < -0.3 is 10.0 Å². The van der Waals surface area contributed by atoms with Gasteiger partial charge in [0.05, 0.1) is 41.1 Å². The van der Waals surface area contributed by atoms with Crippen LogP contribution in [0, 0.1) is 6.92 Å². The Balaban J connectivity index is 2.11. The van der Waals surface area contributed by atoms with E-state index in [9.17, 15) is 18.0 Å². The minimum atomic E-state index is -3.28. The molecule has 1 atom stereocenters. The van der Waals surface area contributed by atoms with Crippen molar-refractivity contribution in [3.8, 4) is 0 Å². The number of rotatable bonds is 4. The predicted octanol–water partition coefficient (Wildman–Crippen LogP) is 0.0943. The first kappa shape index (κ1) is 15.9. The molecule has 1 aromatic rings. The first-order chi connectivity index (χ1) is 9.77. The van der Waals surface area contributed by atoms with Crippen molar-refractivity contribution in [3.63, 3.8) is 0 Å². The maximum atomic E-state index is 12.3. The van der Waals surface area contributed by atoms with E-state index in [0.29, 0.717) is 5.69 Å². The van der Waals surface area contributed by atoms with E-state index in [-0.39, 0.29) is 36.8 Å². The van der Waals surface area contributed by atoms with Crippen LogP contribution in [0.4, 0.5) is 0 Å². The van der Waals surface area contributed by atoms with Gasteiger partial charge in [-0.1, -0.05) is 0 Å². The van der Waals surface area contributed by atoms with Gasteiger partial charge in [-0.2, -0.15) is 0 Å². The number of carboxylic acids is 1. The summed E-state index contributed by atoms with van der Waals surface area (Å²) in [6.45, 7) is 1.88. The number of aromatic nitrogens is 1. The van der Waals surface area contributed by atoms with Crippen molar-refractivity contribution in [2.75, 3.05) is 18.1 Å². The Morgan fingerprint density at radius 1 is 1.52 bits per heavy atom. The summed E-state index contributed by atoms with van der Waals surface area (Å²) in [5.74, 6) is -1.80. The highest BCUT2D eigenvalue weighted by Crippen LogP contribution is 2.17. The number of nitrogens with zero attached hydrogens (tertiary/aromatic N) is 2. The number of amides is 1. The van der Waals surface area contributed by atoms with Crippen LogP contribution in [0.1, 0.15) is 17.1 Å².